The van der Waals surface area contributed by atoms with Crippen LogP contribution in [0.15, 0.2) is 0 Å². The van der Waals surface area contributed by atoms with Gasteiger partial charge in [-0.15, -0.1) is 0 Å². The summed E-state index contributed by atoms with van der Waals surface area (Å²) >= 11 is 0. The second kappa shape index (κ2) is 15.7. The van der Waals surface area contributed by atoms with Gasteiger partial charge in [-0.1, -0.05) is 59.8 Å². The molecule has 0 atom stereocenters. The average Bonchev–Trinajstić information content (AvgIpc) is 2.77. The van der Waals surface area contributed by atoms with E-state index in [2.05, 4.69) is 13.8 Å². The van der Waals surface area contributed by atoms with E-state index >= 15 is 0 Å². The van der Waals surface area contributed by atoms with E-state index in [1.165, 1.54) is 32.1 Å². The van der Waals surface area contributed by atoms with Gasteiger partial charge in [0, 0.05) is 0 Å². The fourth-order valence-corrected chi connectivity index (χ4v) is 0. The standard InChI is InChI=1S/C4H10.C3H6.C2H6/c1-3-4-2;1-2-3-1;1-2/h3-4H2,1-2H3;1-3H2;1-2H3. The molecule has 0 spiro atoms. The number of rotatable bonds is 1. The molecule has 0 amide bonds. The zero-order valence-electron chi connectivity index (χ0n) is 7.54. The Kier molecular flexibility index (Phi) is 20.5. The first-order valence-electron chi connectivity index (χ1n) is 4.41. The highest BCUT2D eigenvalue weighted by Crippen LogP contribution is 2.14. The second-order valence-electron chi connectivity index (χ2n) is 2.06. The van der Waals surface area contributed by atoms with Gasteiger partial charge in [-0.05, 0) is 0 Å². The summed E-state index contributed by atoms with van der Waals surface area (Å²) in [5, 5.41) is 0. The fourth-order valence-electron chi connectivity index (χ4n) is 0. The molecule has 1 rings (SSSR count). The molecule has 0 radical (unpaired) electrons. The van der Waals surface area contributed by atoms with Crippen LogP contribution in [0.4, 0.5) is 0 Å². The van der Waals surface area contributed by atoms with Crippen LogP contribution in [-0.4, -0.2) is 0 Å². The van der Waals surface area contributed by atoms with E-state index in [4.69, 9.17) is 0 Å². The molecule has 1 saturated carbocycles. The third-order valence-corrected chi connectivity index (χ3v) is 0.854. The molecule has 58 valence electrons. The van der Waals surface area contributed by atoms with Gasteiger partial charge < -0.3 is 0 Å². The predicted octanol–water partition coefficient (Wildman–Crippen LogP) is 4.00. The van der Waals surface area contributed by atoms with E-state index in [0.29, 0.717) is 0 Å². The number of hydrogen-bond donors (Lipinski definition) is 0. The molecule has 0 nitrogen and oxygen atoms in total. The van der Waals surface area contributed by atoms with E-state index in [9.17, 15) is 0 Å². The van der Waals surface area contributed by atoms with Crippen LogP contribution in [0.2, 0.25) is 0 Å². The van der Waals surface area contributed by atoms with Gasteiger partial charge in [0.05, 0.1) is 0 Å². The summed E-state index contributed by atoms with van der Waals surface area (Å²) < 4.78 is 0. The van der Waals surface area contributed by atoms with Crippen LogP contribution in [0.25, 0.3) is 0 Å². The molecule has 9 heavy (non-hydrogen) atoms. The summed E-state index contributed by atoms with van der Waals surface area (Å²) in [6.45, 7) is 8.36. The highest BCUT2D eigenvalue weighted by Gasteiger charge is 1.95. The normalized spacial score (nSPS) is 12.0. The lowest BCUT2D eigenvalue weighted by Crippen LogP contribution is -1.47. The average molecular weight is 130 g/mol. The second-order valence-corrected chi connectivity index (χ2v) is 2.06. The van der Waals surface area contributed by atoms with E-state index < -0.39 is 0 Å². The van der Waals surface area contributed by atoms with Gasteiger partial charge in [0.15, 0.2) is 0 Å². The van der Waals surface area contributed by atoms with Gasteiger partial charge in [-0.25, -0.2) is 0 Å². The van der Waals surface area contributed by atoms with Crippen molar-refractivity contribution >= 4 is 0 Å². The third-order valence-electron chi connectivity index (χ3n) is 0.854. The van der Waals surface area contributed by atoms with E-state index in [1.54, 1.807) is 0 Å². The molecular weight excluding hydrogens is 108 g/mol. The Morgan fingerprint density at radius 2 is 1.00 bits per heavy atom. The van der Waals surface area contributed by atoms with Gasteiger partial charge in [0.25, 0.3) is 0 Å². The minimum absolute atomic E-state index is 1.32. The molecule has 1 fully saturated rings. The minimum atomic E-state index is 1.32. The highest BCUT2D eigenvalue weighted by atomic mass is 14.0. The Balaban J connectivity index is 0. The molecule has 0 heteroatoms. The van der Waals surface area contributed by atoms with Crippen LogP contribution in [-0.2, 0) is 0 Å². The Morgan fingerprint density at radius 1 is 0.778 bits per heavy atom. The summed E-state index contributed by atoms with van der Waals surface area (Å²) in [7, 11) is 0. The number of hydrogen-bond acceptors (Lipinski definition) is 0. The molecule has 1 aliphatic rings. The Morgan fingerprint density at radius 3 is 1.00 bits per heavy atom. The summed E-state index contributed by atoms with van der Waals surface area (Å²) in [6.07, 6.45) is 7.14. The molecule has 0 aromatic rings. The lowest BCUT2D eigenvalue weighted by Gasteiger charge is -1.68. The van der Waals surface area contributed by atoms with Gasteiger partial charge in [-0.3, -0.25) is 0 Å². The quantitative estimate of drug-likeness (QED) is 0.503. The fraction of sp³-hybridized carbons (Fsp3) is 1.00. The smallest absolute Gasteiger partial charge is 0.0533 e. The van der Waals surface area contributed by atoms with Crippen LogP contribution in [0.1, 0.15) is 59.8 Å². The monoisotopic (exact) mass is 130 g/mol. The van der Waals surface area contributed by atoms with Crippen LogP contribution in [0, 0.1) is 0 Å². The zero-order chi connectivity index (χ0) is 7.54. The lowest BCUT2D eigenvalue weighted by molar-refractivity contribution is 0.886. The van der Waals surface area contributed by atoms with Gasteiger partial charge >= 0.3 is 0 Å². The van der Waals surface area contributed by atoms with Gasteiger partial charge in [0.1, 0.15) is 0 Å². The Labute approximate surface area is 60.7 Å². The topological polar surface area (TPSA) is 0 Å². The molecule has 1 aliphatic carbocycles. The van der Waals surface area contributed by atoms with Crippen LogP contribution in [0.3, 0.4) is 0 Å². The van der Waals surface area contributed by atoms with Crippen LogP contribution < -0.4 is 0 Å². The first-order chi connectivity index (χ1) is 4.41. The van der Waals surface area contributed by atoms with Crippen molar-refractivity contribution in [2.75, 3.05) is 0 Å². The van der Waals surface area contributed by atoms with Gasteiger partial charge in [0.2, 0.25) is 0 Å². The molecule has 0 heterocycles. The summed E-state index contributed by atoms with van der Waals surface area (Å²) in [4.78, 5) is 0. The van der Waals surface area contributed by atoms with Crippen molar-refractivity contribution in [3.8, 4) is 0 Å². The van der Waals surface area contributed by atoms with E-state index in [0.717, 1.165) is 0 Å². The van der Waals surface area contributed by atoms with Crippen molar-refractivity contribution in [3.63, 3.8) is 0 Å². The van der Waals surface area contributed by atoms with Crippen molar-refractivity contribution in [2.45, 2.75) is 59.8 Å². The minimum Gasteiger partial charge on any atom is -0.0683 e. The largest absolute Gasteiger partial charge is 0.0683 e. The van der Waals surface area contributed by atoms with Crippen molar-refractivity contribution in [3.05, 3.63) is 0 Å². The first-order valence-corrected chi connectivity index (χ1v) is 4.41. The van der Waals surface area contributed by atoms with Crippen LogP contribution >= 0.6 is 0 Å². The van der Waals surface area contributed by atoms with Gasteiger partial charge in [-0.2, -0.15) is 0 Å². The summed E-state index contributed by atoms with van der Waals surface area (Å²) in [5.74, 6) is 0. The molecule has 0 aliphatic heterocycles. The van der Waals surface area contributed by atoms with Crippen LogP contribution in [0.5, 0.6) is 0 Å². The van der Waals surface area contributed by atoms with Crippen molar-refractivity contribution in [1.82, 2.24) is 0 Å². The maximum absolute atomic E-state index is 2.18. The Hall–Kier alpha value is 0. The molecule has 0 N–H and O–H groups in total. The molecule has 0 bridgehead atoms. The molecule has 0 unspecified atom stereocenters. The van der Waals surface area contributed by atoms with E-state index in [-0.39, 0.29) is 0 Å². The van der Waals surface area contributed by atoms with Crippen molar-refractivity contribution in [2.24, 2.45) is 0 Å². The number of unbranched alkanes of at least 4 members (excludes halogenated alkanes) is 1. The maximum Gasteiger partial charge on any atom is -0.0533 e. The summed E-state index contributed by atoms with van der Waals surface area (Å²) in [5.41, 5.74) is 0. The van der Waals surface area contributed by atoms with E-state index in [1.807, 2.05) is 13.8 Å². The third kappa shape index (κ3) is 72.0. The highest BCUT2D eigenvalue weighted by molar-refractivity contribution is 4.50. The molecular formula is C9H22. The Bertz CT molecular complexity index is 16.5. The molecule has 0 aromatic carbocycles. The van der Waals surface area contributed by atoms with Crippen molar-refractivity contribution in [1.29, 1.82) is 0 Å². The lowest BCUT2D eigenvalue weighted by atomic mass is 10.4. The SMILES string of the molecule is C1CC1.CC.CCCC. The summed E-state index contributed by atoms with van der Waals surface area (Å²) in [6, 6.07) is 0. The van der Waals surface area contributed by atoms with Crippen molar-refractivity contribution < 1.29 is 0 Å². The predicted molar refractivity (Wildman–Crippen MR) is 45.8 cm³/mol. The maximum atomic E-state index is 2.18. The molecule has 0 saturated heterocycles. The first kappa shape index (κ1) is 11.8. The molecule has 0 aromatic heterocycles. The zero-order valence-corrected chi connectivity index (χ0v) is 7.54.